The van der Waals surface area contributed by atoms with E-state index in [1.807, 2.05) is 30.3 Å². The molecule has 0 aromatic heterocycles. The fraction of sp³-hybridized carbons (Fsp3) is 0.300. The number of nitrogens with one attached hydrogen (secondary N) is 1. The average molecular weight is 341 g/mol. The lowest BCUT2D eigenvalue weighted by Crippen LogP contribution is -2.27. The molecule has 1 amide bonds. The van der Waals surface area contributed by atoms with Crippen LogP contribution in [0.5, 0.6) is 0 Å². The van der Waals surface area contributed by atoms with E-state index in [-0.39, 0.29) is 6.61 Å². The van der Waals surface area contributed by atoms with Crippen LogP contribution >= 0.6 is 0 Å². The zero-order valence-electron chi connectivity index (χ0n) is 15.0. The maximum Gasteiger partial charge on any atom is 0.412 e. The molecule has 0 heterocycles. The van der Waals surface area contributed by atoms with Gasteiger partial charge in [-0.15, -0.1) is 0 Å². The number of esters is 1. The third-order valence-electron chi connectivity index (χ3n) is 3.31. The van der Waals surface area contributed by atoms with Gasteiger partial charge in [-0.25, -0.2) is 9.59 Å². The molecule has 0 spiro atoms. The van der Waals surface area contributed by atoms with Gasteiger partial charge in [0, 0.05) is 5.69 Å². The summed E-state index contributed by atoms with van der Waals surface area (Å²) in [6, 6.07) is 14.4. The van der Waals surface area contributed by atoms with E-state index in [1.54, 1.807) is 45.9 Å². The van der Waals surface area contributed by atoms with E-state index < -0.39 is 17.7 Å². The van der Waals surface area contributed by atoms with Crippen molar-refractivity contribution < 1.29 is 19.1 Å². The number of ether oxygens (including phenoxy) is 2. The Kier molecular flexibility index (Phi) is 5.80. The SMILES string of the molecule is Cc1cc(C(=O)OCc2ccccc2)ccc1NC(=O)OC(C)(C)C. The Labute approximate surface area is 148 Å². The van der Waals surface area contributed by atoms with Crippen molar-refractivity contribution in [2.24, 2.45) is 0 Å². The molecule has 2 rings (SSSR count). The molecular formula is C20H23NO4. The monoisotopic (exact) mass is 341 g/mol. The topological polar surface area (TPSA) is 64.6 Å². The second-order valence-corrected chi connectivity index (χ2v) is 6.72. The van der Waals surface area contributed by atoms with Crippen LogP contribution in [0.2, 0.25) is 0 Å². The molecule has 5 heteroatoms. The van der Waals surface area contributed by atoms with Gasteiger partial charge < -0.3 is 9.47 Å². The predicted molar refractivity (Wildman–Crippen MR) is 96.6 cm³/mol. The summed E-state index contributed by atoms with van der Waals surface area (Å²) in [4.78, 5) is 24.0. The minimum atomic E-state index is -0.570. The van der Waals surface area contributed by atoms with Gasteiger partial charge in [0.25, 0.3) is 0 Å². The molecule has 132 valence electrons. The van der Waals surface area contributed by atoms with Gasteiger partial charge in [0.2, 0.25) is 0 Å². The number of rotatable bonds is 4. The van der Waals surface area contributed by atoms with Crippen LogP contribution in [0.25, 0.3) is 0 Å². The molecule has 0 bridgehead atoms. The quantitative estimate of drug-likeness (QED) is 0.819. The van der Waals surface area contributed by atoms with Crippen LogP contribution < -0.4 is 5.32 Å². The maximum atomic E-state index is 12.2. The molecule has 0 atom stereocenters. The summed E-state index contributed by atoms with van der Waals surface area (Å²) in [7, 11) is 0. The van der Waals surface area contributed by atoms with Gasteiger partial charge in [0.1, 0.15) is 12.2 Å². The van der Waals surface area contributed by atoms with Crippen molar-refractivity contribution in [2.45, 2.75) is 39.9 Å². The molecule has 0 aliphatic carbocycles. The lowest BCUT2D eigenvalue weighted by Gasteiger charge is -2.20. The van der Waals surface area contributed by atoms with Crippen LogP contribution in [0, 0.1) is 6.92 Å². The number of hydrogen-bond donors (Lipinski definition) is 1. The lowest BCUT2D eigenvalue weighted by molar-refractivity contribution is 0.0472. The van der Waals surface area contributed by atoms with Crippen LogP contribution in [-0.4, -0.2) is 17.7 Å². The Morgan fingerprint density at radius 2 is 1.72 bits per heavy atom. The highest BCUT2D eigenvalue weighted by Crippen LogP contribution is 2.19. The molecule has 25 heavy (non-hydrogen) atoms. The van der Waals surface area contributed by atoms with Crippen molar-refractivity contribution in [2.75, 3.05) is 5.32 Å². The van der Waals surface area contributed by atoms with Crippen LogP contribution in [0.1, 0.15) is 42.3 Å². The number of hydrogen-bond acceptors (Lipinski definition) is 4. The number of carbonyl (C=O) groups excluding carboxylic acids is 2. The van der Waals surface area contributed by atoms with E-state index in [2.05, 4.69) is 5.32 Å². The smallest absolute Gasteiger partial charge is 0.412 e. The zero-order chi connectivity index (χ0) is 18.4. The number of amides is 1. The summed E-state index contributed by atoms with van der Waals surface area (Å²) in [6.07, 6.45) is -0.532. The molecule has 0 aliphatic rings. The van der Waals surface area contributed by atoms with Crippen molar-refractivity contribution >= 4 is 17.7 Å². The minimum Gasteiger partial charge on any atom is -0.457 e. The molecule has 0 saturated carbocycles. The van der Waals surface area contributed by atoms with Crippen molar-refractivity contribution in [3.8, 4) is 0 Å². The summed E-state index contributed by atoms with van der Waals surface area (Å²) in [5, 5.41) is 2.68. The summed E-state index contributed by atoms with van der Waals surface area (Å²) >= 11 is 0. The van der Waals surface area contributed by atoms with Gasteiger partial charge in [-0.2, -0.15) is 0 Å². The standard InChI is InChI=1S/C20H23NO4/c1-14-12-16(18(22)24-13-15-8-6-5-7-9-15)10-11-17(14)21-19(23)25-20(2,3)4/h5-12H,13H2,1-4H3,(H,21,23). The Balaban J connectivity index is 1.98. The second-order valence-electron chi connectivity index (χ2n) is 6.72. The first-order valence-electron chi connectivity index (χ1n) is 8.06. The summed E-state index contributed by atoms with van der Waals surface area (Å²) in [5.41, 5.74) is 2.13. The number of carbonyl (C=O) groups is 2. The Morgan fingerprint density at radius 1 is 1.04 bits per heavy atom. The summed E-state index contributed by atoms with van der Waals surface area (Å²) < 4.78 is 10.5. The summed E-state index contributed by atoms with van der Waals surface area (Å²) in [5.74, 6) is -0.407. The van der Waals surface area contributed by atoms with Gasteiger partial charge in [-0.1, -0.05) is 30.3 Å². The van der Waals surface area contributed by atoms with E-state index in [9.17, 15) is 9.59 Å². The number of benzene rings is 2. The van der Waals surface area contributed by atoms with Crippen molar-refractivity contribution in [1.82, 2.24) is 0 Å². The number of aryl methyl sites for hydroxylation is 1. The van der Waals surface area contributed by atoms with Crippen molar-refractivity contribution in [1.29, 1.82) is 0 Å². The fourth-order valence-electron chi connectivity index (χ4n) is 2.15. The average Bonchev–Trinajstić information content (AvgIpc) is 2.53. The Hall–Kier alpha value is -2.82. The molecule has 0 radical (unpaired) electrons. The Morgan fingerprint density at radius 3 is 2.32 bits per heavy atom. The van der Waals surface area contributed by atoms with Gasteiger partial charge >= 0.3 is 12.1 Å². The first kappa shape index (κ1) is 18.5. The van der Waals surface area contributed by atoms with Crippen LogP contribution in [0.15, 0.2) is 48.5 Å². The zero-order valence-corrected chi connectivity index (χ0v) is 15.0. The molecule has 0 fully saturated rings. The van der Waals surface area contributed by atoms with Crippen LogP contribution in [-0.2, 0) is 16.1 Å². The summed E-state index contributed by atoms with van der Waals surface area (Å²) in [6.45, 7) is 7.42. The molecule has 5 nitrogen and oxygen atoms in total. The molecule has 1 N–H and O–H groups in total. The van der Waals surface area contributed by atoms with Gasteiger partial charge in [0.05, 0.1) is 5.56 Å². The Bertz CT molecular complexity index is 748. The van der Waals surface area contributed by atoms with Crippen molar-refractivity contribution in [3.05, 3.63) is 65.2 Å². The highest BCUT2D eigenvalue weighted by molar-refractivity contribution is 5.92. The van der Waals surface area contributed by atoms with Gasteiger partial charge in [0.15, 0.2) is 0 Å². The first-order chi connectivity index (χ1) is 11.7. The third kappa shape index (κ3) is 5.95. The third-order valence-corrected chi connectivity index (χ3v) is 3.31. The van der Waals surface area contributed by atoms with E-state index in [0.717, 1.165) is 11.1 Å². The van der Waals surface area contributed by atoms with E-state index in [4.69, 9.17) is 9.47 Å². The van der Waals surface area contributed by atoms with Gasteiger partial charge in [-0.3, -0.25) is 5.32 Å². The highest BCUT2D eigenvalue weighted by atomic mass is 16.6. The molecule has 0 aliphatic heterocycles. The van der Waals surface area contributed by atoms with Crippen LogP contribution in [0.3, 0.4) is 0 Å². The minimum absolute atomic E-state index is 0.219. The highest BCUT2D eigenvalue weighted by Gasteiger charge is 2.17. The maximum absolute atomic E-state index is 12.2. The first-order valence-corrected chi connectivity index (χ1v) is 8.06. The van der Waals surface area contributed by atoms with E-state index in [1.165, 1.54) is 0 Å². The molecule has 2 aromatic rings. The normalized spacial score (nSPS) is 10.9. The fourth-order valence-corrected chi connectivity index (χ4v) is 2.15. The second kappa shape index (κ2) is 7.83. The largest absolute Gasteiger partial charge is 0.457 e. The lowest BCUT2D eigenvalue weighted by atomic mass is 10.1. The van der Waals surface area contributed by atoms with Gasteiger partial charge in [-0.05, 0) is 57.0 Å². The molecule has 0 unspecified atom stereocenters. The number of anilines is 1. The molecule has 0 saturated heterocycles. The van der Waals surface area contributed by atoms with Crippen molar-refractivity contribution in [3.63, 3.8) is 0 Å². The molecular weight excluding hydrogens is 318 g/mol. The van der Waals surface area contributed by atoms with E-state index in [0.29, 0.717) is 11.3 Å². The molecule has 2 aromatic carbocycles. The van der Waals surface area contributed by atoms with E-state index >= 15 is 0 Å². The predicted octanol–water partition coefficient (Wildman–Crippen LogP) is 4.70. The van der Waals surface area contributed by atoms with Crippen LogP contribution in [0.4, 0.5) is 10.5 Å².